The summed E-state index contributed by atoms with van der Waals surface area (Å²) in [6.07, 6.45) is 46.3. The average molecular weight is 565 g/mol. The quantitative estimate of drug-likeness (QED) is 0.0565. The number of ether oxygens (including phenoxy) is 1. The second kappa shape index (κ2) is 36.5. The minimum absolute atomic E-state index is 0.0214. The van der Waals surface area contributed by atoms with Crippen molar-refractivity contribution in [1.82, 2.24) is 0 Å². The highest BCUT2D eigenvalue weighted by atomic mass is 16.5. The van der Waals surface area contributed by atoms with Crippen LogP contribution in [-0.4, -0.2) is 12.6 Å². The number of hydrogen-bond donors (Lipinski definition) is 0. The van der Waals surface area contributed by atoms with E-state index in [9.17, 15) is 4.79 Å². The number of carbonyl (C=O) groups excluding carboxylic acids is 1. The standard InChI is InChI=1S/C38H76O2/c1-3-5-7-9-11-12-13-14-15-16-17-18-19-20-21-22-23-24-25-26-27-28-29-31-33-35-37-40-38(39)36-34-32-30-10-8-6-4-2/h3-37H2,1-2H3. The minimum Gasteiger partial charge on any atom is -0.466 e. The second-order valence-corrected chi connectivity index (χ2v) is 12.9. The van der Waals surface area contributed by atoms with Crippen molar-refractivity contribution in [3.8, 4) is 0 Å². The molecule has 0 aromatic rings. The van der Waals surface area contributed by atoms with Crippen LogP contribution in [-0.2, 0) is 9.53 Å². The van der Waals surface area contributed by atoms with Crippen LogP contribution in [0.25, 0.3) is 0 Å². The Morgan fingerprint density at radius 1 is 0.325 bits per heavy atom. The van der Waals surface area contributed by atoms with E-state index in [1.807, 2.05) is 0 Å². The van der Waals surface area contributed by atoms with Crippen LogP contribution in [0.5, 0.6) is 0 Å². The maximum atomic E-state index is 11.8. The normalized spacial score (nSPS) is 11.3. The highest BCUT2D eigenvalue weighted by Crippen LogP contribution is 2.16. The molecule has 240 valence electrons. The Morgan fingerprint density at radius 3 is 0.825 bits per heavy atom. The van der Waals surface area contributed by atoms with Gasteiger partial charge in [0.25, 0.3) is 0 Å². The Bertz CT molecular complexity index is 460. The molecule has 0 heterocycles. The van der Waals surface area contributed by atoms with E-state index in [0.717, 1.165) is 12.8 Å². The second-order valence-electron chi connectivity index (χ2n) is 12.9. The lowest BCUT2D eigenvalue weighted by Crippen LogP contribution is -2.05. The summed E-state index contributed by atoms with van der Waals surface area (Å²) in [5.41, 5.74) is 0. The minimum atomic E-state index is 0.0214. The predicted molar refractivity (Wildman–Crippen MR) is 179 cm³/mol. The fourth-order valence-corrected chi connectivity index (χ4v) is 5.90. The molecule has 0 spiro atoms. The molecule has 0 fully saturated rings. The first-order chi connectivity index (χ1) is 19.8. The summed E-state index contributed by atoms with van der Waals surface area (Å²) < 4.78 is 5.40. The fraction of sp³-hybridized carbons (Fsp3) is 0.974. The zero-order valence-corrected chi connectivity index (χ0v) is 28.1. The number of hydrogen-bond acceptors (Lipinski definition) is 2. The molecule has 0 amide bonds. The van der Waals surface area contributed by atoms with E-state index >= 15 is 0 Å². The first kappa shape index (κ1) is 39.5. The Kier molecular flexibility index (Phi) is 36.0. The van der Waals surface area contributed by atoms with E-state index < -0.39 is 0 Å². The average Bonchev–Trinajstić information content (AvgIpc) is 2.96. The van der Waals surface area contributed by atoms with E-state index in [-0.39, 0.29) is 5.97 Å². The molecule has 40 heavy (non-hydrogen) atoms. The molecule has 0 N–H and O–H groups in total. The molecule has 2 nitrogen and oxygen atoms in total. The van der Waals surface area contributed by atoms with E-state index in [1.54, 1.807) is 0 Å². The number of unbranched alkanes of at least 4 members (excludes halogenated alkanes) is 31. The summed E-state index contributed by atoms with van der Waals surface area (Å²) in [6, 6.07) is 0. The molecule has 0 radical (unpaired) electrons. The van der Waals surface area contributed by atoms with Crippen molar-refractivity contribution >= 4 is 5.97 Å². The van der Waals surface area contributed by atoms with Gasteiger partial charge in [-0.15, -0.1) is 0 Å². The number of esters is 1. The van der Waals surface area contributed by atoms with Gasteiger partial charge in [-0.1, -0.05) is 213 Å². The van der Waals surface area contributed by atoms with Crippen LogP contribution in [0.4, 0.5) is 0 Å². The molecule has 0 saturated heterocycles. The maximum absolute atomic E-state index is 11.8. The molecule has 0 saturated carbocycles. The molecule has 0 aliphatic carbocycles. The van der Waals surface area contributed by atoms with Gasteiger partial charge in [-0.3, -0.25) is 4.79 Å². The molecule has 0 aliphatic rings. The molecule has 0 rings (SSSR count). The molecule has 0 atom stereocenters. The number of carbonyl (C=O) groups is 1. The van der Waals surface area contributed by atoms with Crippen molar-refractivity contribution in [1.29, 1.82) is 0 Å². The van der Waals surface area contributed by atoms with Gasteiger partial charge in [0.2, 0.25) is 0 Å². The summed E-state index contributed by atoms with van der Waals surface area (Å²) in [6.45, 7) is 5.19. The molecule has 2 heteroatoms. The molecular weight excluding hydrogens is 488 g/mol. The molecule has 0 aromatic carbocycles. The van der Waals surface area contributed by atoms with Gasteiger partial charge in [0.05, 0.1) is 6.61 Å². The first-order valence-corrected chi connectivity index (χ1v) is 19.0. The highest BCUT2D eigenvalue weighted by Gasteiger charge is 2.02. The van der Waals surface area contributed by atoms with Crippen molar-refractivity contribution in [2.24, 2.45) is 0 Å². The van der Waals surface area contributed by atoms with E-state index in [0.29, 0.717) is 13.0 Å². The van der Waals surface area contributed by atoms with Crippen LogP contribution in [0.15, 0.2) is 0 Å². The topological polar surface area (TPSA) is 26.3 Å². The van der Waals surface area contributed by atoms with Crippen LogP contribution in [0.3, 0.4) is 0 Å². The smallest absolute Gasteiger partial charge is 0.305 e. The molecule has 0 aliphatic heterocycles. The van der Waals surface area contributed by atoms with E-state index in [4.69, 9.17) is 4.74 Å². The predicted octanol–water partition coefficient (Wildman–Crippen LogP) is 13.8. The van der Waals surface area contributed by atoms with Crippen LogP contribution in [0.2, 0.25) is 0 Å². The third-order valence-electron chi connectivity index (χ3n) is 8.75. The molecule has 0 aromatic heterocycles. The third kappa shape index (κ3) is 35.5. The summed E-state index contributed by atoms with van der Waals surface area (Å²) in [5.74, 6) is 0.0214. The van der Waals surface area contributed by atoms with Gasteiger partial charge in [-0.25, -0.2) is 0 Å². The van der Waals surface area contributed by atoms with Crippen LogP contribution < -0.4 is 0 Å². The van der Waals surface area contributed by atoms with Gasteiger partial charge in [-0.2, -0.15) is 0 Å². The number of rotatable bonds is 35. The lowest BCUT2D eigenvalue weighted by atomic mass is 10.0. The van der Waals surface area contributed by atoms with Crippen LogP contribution >= 0.6 is 0 Å². The highest BCUT2D eigenvalue weighted by molar-refractivity contribution is 5.69. The fourth-order valence-electron chi connectivity index (χ4n) is 5.90. The van der Waals surface area contributed by atoms with Gasteiger partial charge in [0.1, 0.15) is 0 Å². The lowest BCUT2D eigenvalue weighted by molar-refractivity contribution is -0.143. The Hall–Kier alpha value is -0.530. The van der Waals surface area contributed by atoms with Crippen molar-refractivity contribution in [2.45, 2.75) is 232 Å². The zero-order chi connectivity index (χ0) is 29.0. The van der Waals surface area contributed by atoms with Gasteiger partial charge >= 0.3 is 5.97 Å². The van der Waals surface area contributed by atoms with Crippen LogP contribution in [0.1, 0.15) is 232 Å². The van der Waals surface area contributed by atoms with Crippen LogP contribution in [0, 0.1) is 0 Å². The van der Waals surface area contributed by atoms with Gasteiger partial charge in [-0.05, 0) is 12.8 Å². The SMILES string of the molecule is CCCCCCCCCCCCCCCCCCCCCCCCCCCCOC(=O)CCCCCCCCC. The summed E-state index contributed by atoms with van der Waals surface area (Å²) in [7, 11) is 0. The van der Waals surface area contributed by atoms with Crippen molar-refractivity contribution in [3.05, 3.63) is 0 Å². The van der Waals surface area contributed by atoms with E-state index in [2.05, 4.69) is 13.8 Å². The molecule has 0 bridgehead atoms. The lowest BCUT2D eigenvalue weighted by Gasteiger charge is -2.06. The third-order valence-corrected chi connectivity index (χ3v) is 8.75. The van der Waals surface area contributed by atoms with Crippen molar-refractivity contribution < 1.29 is 9.53 Å². The van der Waals surface area contributed by atoms with Gasteiger partial charge in [0, 0.05) is 6.42 Å². The Balaban J connectivity index is 3.09. The monoisotopic (exact) mass is 565 g/mol. The van der Waals surface area contributed by atoms with E-state index in [1.165, 1.54) is 199 Å². The summed E-state index contributed by atoms with van der Waals surface area (Å²) >= 11 is 0. The summed E-state index contributed by atoms with van der Waals surface area (Å²) in [5, 5.41) is 0. The van der Waals surface area contributed by atoms with Crippen molar-refractivity contribution in [2.75, 3.05) is 6.61 Å². The van der Waals surface area contributed by atoms with Crippen molar-refractivity contribution in [3.63, 3.8) is 0 Å². The Morgan fingerprint density at radius 2 is 0.550 bits per heavy atom. The summed E-state index contributed by atoms with van der Waals surface area (Å²) in [4.78, 5) is 11.8. The van der Waals surface area contributed by atoms with Gasteiger partial charge in [0.15, 0.2) is 0 Å². The largest absolute Gasteiger partial charge is 0.466 e. The molecule has 0 unspecified atom stereocenters. The zero-order valence-electron chi connectivity index (χ0n) is 28.1. The first-order valence-electron chi connectivity index (χ1n) is 19.0. The Labute approximate surface area is 254 Å². The molecular formula is C38H76O2. The maximum Gasteiger partial charge on any atom is 0.305 e. The van der Waals surface area contributed by atoms with Gasteiger partial charge < -0.3 is 4.74 Å².